The van der Waals surface area contributed by atoms with E-state index in [1.54, 1.807) is 66.7 Å². The molecule has 19 heteroatoms. The van der Waals surface area contributed by atoms with Gasteiger partial charge < -0.3 is 44.2 Å². The van der Waals surface area contributed by atoms with Crippen LogP contribution in [0.3, 0.4) is 0 Å². The molecule has 102 heavy (non-hydrogen) atoms. The van der Waals surface area contributed by atoms with E-state index in [2.05, 4.69) is 14.7 Å². The third kappa shape index (κ3) is 16.7. The van der Waals surface area contributed by atoms with Crippen LogP contribution in [0.4, 0.5) is 13.2 Å². The first-order chi connectivity index (χ1) is 49.7. The number of carbonyl (C=O) groups excluding carboxylic acids is 3. The number of ether oxygens (including phenoxy) is 3. The zero-order valence-corrected chi connectivity index (χ0v) is 59.1. The Morgan fingerprint density at radius 2 is 0.794 bits per heavy atom. The lowest BCUT2D eigenvalue weighted by molar-refractivity contribution is 0.0755. The minimum Gasteiger partial charge on any atom is -0.508 e. The zero-order chi connectivity index (χ0) is 70.6. The molecular formula is C83H75ClF3N3O9S3. The van der Waals surface area contributed by atoms with Crippen molar-refractivity contribution in [2.45, 2.75) is 25.7 Å². The molecule has 6 heterocycles. The Bertz CT molecular complexity index is 4900. The van der Waals surface area contributed by atoms with E-state index in [0.717, 1.165) is 140 Å². The van der Waals surface area contributed by atoms with E-state index in [0.29, 0.717) is 56.2 Å². The molecular weight excluding hydrogens is 1370 g/mol. The normalized spacial score (nSPS) is 14.1. The second kappa shape index (κ2) is 33.2. The summed E-state index contributed by atoms with van der Waals surface area (Å²) in [7, 11) is 0. The summed E-state index contributed by atoms with van der Waals surface area (Å²) in [5.74, 6) is 2.08. The number of likely N-dealkylation sites (tertiary alicyclic amines) is 3. The molecule has 0 spiro atoms. The SMILES string of the molecule is O=C(c1ccccc1)c1sc2cc(O)ccc2c1-c1ccc(OCCCN2CC(CF)C2)cc1.O=C(c1ccccc1Cl)c1sc2cc(O)ccc2c1-c1ccc(OCCCN2CCC2)cc1.O=C(c1ccccc1F)c1sc2cc(O)ccc2c1-c1ccc(OCCCN2CC(CF)C2)cc1. The lowest BCUT2D eigenvalue weighted by Crippen LogP contribution is -2.48. The van der Waals surface area contributed by atoms with Crippen molar-refractivity contribution in [2.75, 3.05) is 92.1 Å². The lowest BCUT2D eigenvalue weighted by Gasteiger charge is -2.37. The highest BCUT2D eigenvalue weighted by Crippen LogP contribution is 2.46. The van der Waals surface area contributed by atoms with E-state index in [9.17, 15) is 42.9 Å². The van der Waals surface area contributed by atoms with Crippen molar-refractivity contribution in [2.24, 2.45) is 11.8 Å². The average Bonchev–Trinajstić information content (AvgIpc) is 1.62. The summed E-state index contributed by atoms with van der Waals surface area (Å²) in [4.78, 5) is 48.8. The van der Waals surface area contributed by atoms with Crippen molar-refractivity contribution in [1.82, 2.24) is 14.7 Å². The fraction of sp³-hybridized carbons (Fsp3) is 0.241. The standard InChI is InChI=1S/C28H25F2NO3S.C28H26FNO3S.C27H24ClNO3S/c29-15-18-16-31(17-18)12-3-13-34-21-9-6-19(7-10-21)26-23-11-8-20(32)14-25(23)35-28(26)27(33)22-4-1-2-5-24(22)30;29-16-19-17-30(18-19)13-4-14-33-23-10-7-20(8-11-23)26-24-12-9-22(31)15-25(24)34-28(26)27(32)21-5-2-1-3-6-21;28-23-6-2-1-5-21(23)26(31)27-25(22-12-9-19(30)17-24(22)33-27)18-7-10-20(11-8-18)32-16-4-15-29-13-3-14-29/h1-2,4-11,14,18,32H,3,12-13,15-17H2;1-3,5-12,15,19,31H,4,13-14,16-18H2;1-2,5-12,17,30H,3-4,13-16H2. The van der Waals surface area contributed by atoms with Crippen molar-refractivity contribution in [1.29, 1.82) is 0 Å². The topological polar surface area (TPSA) is 149 Å². The Balaban J connectivity index is 0.000000137. The molecule has 3 aliphatic heterocycles. The minimum atomic E-state index is -0.564. The predicted octanol–water partition coefficient (Wildman–Crippen LogP) is 19.1. The number of carbonyl (C=O) groups is 3. The van der Waals surface area contributed by atoms with Gasteiger partial charge >= 0.3 is 0 Å². The molecule has 12 aromatic rings. The molecule has 0 unspecified atom stereocenters. The fourth-order valence-electron chi connectivity index (χ4n) is 13.0. The Labute approximate surface area is 607 Å². The first kappa shape index (κ1) is 71.0. The summed E-state index contributed by atoms with van der Waals surface area (Å²) < 4.78 is 59.6. The number of fused-ring (bicyclic) bond motifs is 3. The highest BCUT2D eigenvalue weighted by molar-refractivity contribution is 7.22. The van der Waals surface area contributed by atoms with Crippen molar-refractivity contribution < 1.29 is 57.1 Å². The van der Waals surface area contributed by atoms with Crippen molar-refractivity contribution in [3.05, 3.63) is 248 Å². The molecule has 0 amide bonds. The number of hydrogen-bond acceptors (Lipinski definition) is 15. The minimum absolute atomic E-state index is 0.0181. The van der Waals surface area contributed by atoms with Crippen LogP contribution < -0.4 is 14.2 Å². The quantitative estimate of drug-likeness (QED) is 0.0350. The summed E-state index contributed by atoms with van der Waals surface area (Å²) in [5.41, 5.74) is 6.24. The van der Waals surface area contributed by atoms with E-state index in [-0.39, 0.29) is 65.3 Å². The maximum atomic E-state index is 14.4. The number of aromatic hydroxyl groups is 3. The first-order valence-electron chi connectivity index (χ1n) is 34.2. The van der Waals surface area contributed by atoms with Gasteiger partial charge in [-0.25, -0.2) is 4.39 Å². The molecule has 3 aliphatic rings. The molecule has 3 N–H and O–H groups in total. The Morgan fingerprint density at radius 1 is 0.431 bits per heavy atom. The van der Waals surface area contributed by atoms with Crippen LogP contribution in [-0.4, -0.2) is 139 Å². The van der Waals surface area contributed by atoms with E-state index in [4.69, 9.17) is 25.8 Å². The van der Waals surface area contributed by atoms with Crippen LogP contribution in [0.2, 0.25) is 5.02 Å². The van der Waals surface area contributed by atoms with Crippen LogP contribution in [0, 0.1) is 17.7 Å². The van der Waals surface area contributed by atoms with Gasteiger partial charge in [0.2, 0.25) is 17.3 Å². The molecule has 0 saturated carbocycles. The second-order valence-corrected chi connectivity index (χ2v) is 29.3. The highest BCUT2D eigenvalue weighted by atomic mass is 35.5. The van der Waals surface area contributed by atoms with Gasteiger partial charge in [-0.15, -0.1) is 34.0 Å². The molecule has 0 bridgehead atoms. The summed E-state index contributed by atoms with van der Waals surface area (Å²) in [6, 6.07) is 60.9. The average molecular weight is 1450 g/mol. The van der Waals surface area contributed by atoms with Gasteiger partial charge in [0, 0.05) is 116 Å². The van der Waals surface area contributed by atoms with Crippen LogP contribution in [0.15, 0.2) is 206 Å². The van der Waals surface area contributed by atoms with E-state index in [1.807, 2.05) is 127 Å². The maximum Gasteiger partial charge on any atom is 0.206 e. The molecule has 522 valence electrons. The number of ketones is 3. The van der Waals surface area contributed by atoms with Gasteiger partial charge in [-0.2, -0.15) is 0 Å². The molecule has 0 aliphatic carbocycles. The third-order valence-electron chi connectivity index (χ3n) is 18.5. The first-order valence-corrected chi connectivity index (χ1v) is 37.0. The smallest absolute Gasteiger partial charge is 0.206 e. The molecule has 3 saturated heterocycles. The van der Waals surface area contributed by atoms with Crippen LogP contribution in [-0.2, 0) is 0 Å². The molecule has 9 aromatic carbocycles. The van der Waals surface area contributed by atoms with Gasteiger partial charge in [0.1, 0.15) is 40.3 Å². The van der Waals surface area contributed by atoms with Crippen molar-refractivity contribution in [3.8, 4) is 67.9 Å². The largest absolute Gasteiger partial charge is 0.508 e. The number of hydrogen-bond donors (Lipinski definition) is 3. The third-order valence-corrected chi connectivity index (χ3v) is 22.2. The molecule has 15 rings (SSSR count). The highest BCUT2D eigenvalue weighted by Gasteiger charge is 2.29. The number of thiophene rings is 3. The van der Waals surface area contributed by atoms with Crippen LogP contribution >= 0.6 is 45.6 Å². The van der Waals surface area contributed by atoms with Gasteiger partial charge in [0.15, 0.2) is 0 Å². The van der Waals surface area contributed by atoms with Crippen LogP contribution in [0.25, 0.3) is 63.6 Å². The monoisotopic (exact) mass is 1450 g/mol. The number of benzene rings is 9. The van der Waals surface area contributed by atoms with Crippen molar-refractivity contribution >= 4 is 93.2 Å². The second-order valence-electron chi connectivity index (χ2n) is 25.7. The predicted molar refractivity (Wildman–Crippen MR) is 405 cm³/mol. The van der Waals surface area contributed by atoms with Gasteiger partial charge in [0.05, 0.1) is 58.4 Å². The number of alkyl halides is 2. The summed E-state index contributed by atoms with van der Waals surface area (Å²) in [6.45, 7) is 10.0. The zero-order valence-electron chi connectivity index (χ0n) is 55.9. The Hall–Kier alpha value is -9.37. The summed E-state index contributed by atoms with van der Waals surface area (Å²) in [6.07, 6.45) is 4.08. The molecule has 12 nitrogen and oxygen atoms in total. The van der Waals surface area contributed by atoms with E-state index >= 15 is 0 Å². The number of nitrogens with zero attached hydrogens (tertiary/aromatic N) is 3. The van der Waals surface area contributed by atoms with Crippen molar-refractivity contribution in [3.63, 3.8) is 0 Å². The van der Waals surface area contributed by atoms with E-state index in [1.165, 1.54) is 65.7 Å². The fourth-order valence-corrected chi connectivity index (χ4v) is 16.8. The number of phenolic OH excluding ortho intramolecular Hbond substituents is 3. The number of rotatable bonds is 26. The van der Waals surface area contributed by atoms with Gasteiger partial charge in [-0.1, -0.05) is 103 Å². The van der Waals surface area contributed by atoms with Gasteiger partial charge in [0.25, 0.3) is 0 Å². The van der Waals surface area contributed by atoms with Gasteiger partial charge in [-0.05, 0) is 171 Å². The lowest BCUT2D eigenvalue weighted by atomic mass is 9.98. The Kier molecular flexibility index (Phi) is 23.1. The molecule has 3 aromatic heterocycles. The van der Waals surface area contributed by atoms with E-state index < -0.39 is 5.82 Å². The molecule has 0 atom stereocenters. The van der Waals surface area contributed by atoms with Crippen LogP contribution in [0.1, 0.15) is 71.4 Å². The van der Waals surface area contributed by atoms with Crippen LogP contribution in [0.5, 0.6) is 34.5 Å². The summed E-state index contributed by atoms with van der Waals surface area (Å²) in [5, 5.41) is 33.0. The molecule has 0 radical (unpaired) electrons. The molecule has 3 fully saturated rings. The van der Waals surface area contributed by atoms with Gasteiger partial charge in [-0.3, -0.25) is 23.2 Å². The Morgan fingerprint density at radius 3 is 1.18 bits per heavy atom. The maximum absolute atomic E-state index is 14.4. The number of halogens is 4. The summed E-state index contributed by atoms with van der Waals surface area (Å²) >= 11 is 10.3. The number of phenols is 3.